The van der Waals surface area contributed by atoms with Crippen molar-refractivity contribution in [2.45, 2.75) is 46.1 Å². The second kappa shape index (κ2) is 6.79. The van der Waals surface area contributed by atoms with Crippen LogP contribution in [0.25, 0.3) is 0 Å². The van der Waals surface area contributed by atoms with Crippen LogP contribution < -0.4 is 0 Å². The molecule has 0 fully saturated rings. The maximum absolute atomic E-state index is 2.39. The van der Waals surface area contributed by atoms with E-state index in [1.54, 1.807) is 0 Å². The largest absolute Gasteiger partial charge is 0.251 e. The molecule has 12 heavy (non-hydrogen) atoms. The SMILES string of the molecule is CCCC(CC(C)C)N(C)SC. The van der Waals surface area contributed by atoms with Crippen molar-refractivity contribution in [3.05, 3.63) is 0 Å². The minimum Gasteiger partial charge on any atom is -0.251 e. The van der Waals surface area contributed by atoms with Gasteiger partial charge in [0.1, 0.15) is 0 Å². The highest BCUT2D eigenvalue weighted by molar-refractivity contribution is 7.96. The first-order valence-electron chi connectivity index (χ1n) is 4.88. The standard InChI is InChI=1S/C10H23NS/c1-6-7-10(8-9(2)3)11(4)12-5/h9-10H,6-8H2,1-5H3. The van der Waals surface area contributed by atoms with E-state index in [2.05, 4.69) is 38.4 Å². The minimum atomic E-state index is 0.769. The van der Waals surface area contributed by atoms with Crippen LogP contribution in [-0.2, 0) is 0 Å². The van der Waals surface area contributed by atoms with Crippen LogP contribution >= 0.6 is 11.9 Å². The molecule has 1 atom stereocenters. The first kappa shape index (κ1) is 12.3. The molecule has 0 amide bonds. The van der Waals surface area contributed by atoms with Gasteiger partial charge < -0.3 is 0 Å². The molecular weight excluding hydrogens is 166 g/mol. The molecule has 2 heteroatoms. The molecule has 0 saturated carbocycles. The summed E-state index contributed by atoms with van der Waals surface area (Å²) in [4.78, 5) is 0. The zero-order chi connectivity index (χ0) is 9.56. The molecule has 1 unspecified atom stereocenters. The quantitative estimate of drug-likeness (QED) is 0.589. The van der Waals surface area contributed by atoms with E-state index < -0.39 is 0 Å². The van der Waals surface area contributed by atoms with Gasteiger partial charge in [-0.2, -0.15) is 0 Å². The van der Waals surface area contributed by atoms with Gasteiger partial charge in [0.05, 0.1) is 0 Å². The highest BCUT2D eigenvalue weighted by Gasteiger charge is 2.13. The maximum atomic E-state index is 2.39. The summed E-state index contributed by atoms with van der Waals surface area (Å²) in [7, 11) is 2.20. The monoisotopic (exact) mass is 189 g/mol. The van der Waals surface area contributed by atoms with E-state index in [1.807, 2.05) is 11.9 Å². The highest BCUT2D eigenvalue weighted by atomic mass is 32.2. The molecule has 0 N–H and O–H groups in total. The Bertz CT molecular complexity index is 104. The lowest BCUT2D eigenvalue weighted by Crippen LogP contribution is -2.26. The Morgan fingerprint density at radius 3 is 2.25 bits per heavy atom. The molecule has 0 heterocycles. The predicted molar refractivity (Wildman–Crippen MR) is 59.4 cm³/mol. The van der Waals surface area contributed by atoms with Crippen molar-refractivity contribution in [1.82, 2.24) is 4.31 Å². The van der Waals surface area contributed by atoms with Crippen LogP contribution in [0.5, 0.6) is 0 Å². The summed E-state index contributed by atoms with van der Waals surface area (Å²) in [6, 6.07) is 0.769. The van der Waals surface area contributed by atoms with Gasteiger partial charge in [-0.15, -0.1) is 0 Å². The maximum Gasteiger partial charge on any atom is 0.0201 e. The second-order valence-corrected chi connectivity index (χ2v) is 4.74. The lowest BCUT2D eigenvalue weighted by molar-refractivity contribution is 0.323. The van der Waals surface area contributed by atoms with Crippen LogP contribution in [-0.4, -0.2) is 23.7 Å². The smallest absolute Gasteiger partial charge is 0.0201 e. The van der Waals surface area contributed by atoms with Gasteiger partial charge in [-0.1, -0.05) is 39.1 Å². The van der Waals surface area contributed by atoms with E-state index in [1.165, 1.54) is 19.3 Å². The van der Waals surface area contributed by atoms with E-state index in [4.69, 9.17) is 0 Å². The molecule has 1 nitrogen and oxygen atoms in total. The molecular formula is C10H23NS. The molecule has 74 valence electrons. The van der Waals surface area contributed by atoms with Gasteiger partial charge in [-0.25, -0.2) is 0 Å². The molecule has 0 aliphatic carbocycles. The van der Waals surface area contributed by atoms with Crippen molar-refractivity contribution in [3.63, 3.8) is 0 Å². The number of hydrogen-bond donors (Lipinski definition) is 0. The van der Waals surface area contributed by atoms with Crippen molar-refractivity contribution >= 4 is 11.9 Å². The van der Waals surface area contributed by atoms with Gasteiger partial charge >= 0.3 is 0 Å². The van der Waals surface area contributed by atoms with Gasteiger partial charge in [0.25, 0.3) is 0 Å². The molecule has 0 rings (SSSR count). The summed E-state index contributed by atoms with van der Waals surface area (Å²) in [5.41, 5.74) is 0. The molecule has 0 bridgehead atoms. The van der Waals surface area contributed by atoms with Crippen LogP contribution in [0, 0.1) is 5.92 Å². The van der Waals surface area contributed by atoms with Crippen LogP contribution in [0.15, 0.2) is 0 Å². The Labute approximate surface area is 82.0 Å². The van der Waals surface area contributed by atoms with Crippen molar-refractivity contribution in [2.24, 2.45) is 5.92 Å². The Hall–Kier alpha value is 0.310. The van der Waals surface area contributed by atoms with Crippen molar-refractivity contribution < 1.29 is 0 Å². The molecule has 0 aromatic carbocycles. The third kappa shape index (κ3) is 5.04. The summed E-state index contributed by atoms with van der Waals surface area (Å²) in [5.74, 6) is 0.816. The fourth-order valence-corrected chi connectivity index (χ4v) is 1.96. The van der Waals surface area contributed by atoms with Crippen molar-refractivity contribution in [1.29, 1.82) is 0 Å². The molecule has 0 aliphatic heterocycles. The lowest BCUT2D eigenvalue weighted by Gasteiger charge is -2.26. The zero-order valence-corrected chi connectivity index (χ0v) is 9.95. The molecule has 0 radical (unpaired) electrons. The number of rotatable bonds is 6. The number of nitrogens with zero attached hydrogens (tertiary/aromatic N) is 1. The molecule has 0 aromatic rings. The lowest BCUT2D eigenvalue weighted by atomic mass is 10.0. The summed E-state index contributed by atoms with van der Waals surface area (Å²) < 4.78 is 2.39. The highest BCUT2D eigenvalue weighted by Crippen LogP contribution is 2.19. The van der Waals surface area contributed by atoms with Gasteiger partial charge in [-0.05, 0) is 32.1 Å². The zero-order valence-electron chi connectivity index (χ0n) is 9.13. The summed E-state index contributed by atoms with van der Waals surface area (Å²) in [5, 5.41) is 0. The Morgan fingerprint density at radius 1 is 1.33 bits per heavy atom. The normalized spacial score (nSPS) is 14.2. The van der Waals surface area contributed by atoms with E-state index in [0.29, 0.717) is 0 Å². The molecule has 0 spiro atoms. The topological polar surface area (TPSA) is 3.24 Å². The van der Waals surface area contributed by atoms with E-state index in [-0.39, 0.29) is 0 Å². The predicted octanol–water partition coefficient (Wildman–Crippen LogP) is 3.41. The molecule has 0 saturated heterocycles. The second-order valence-electron chi connectivity index (χ2n) is 3.80. The van der Waals surface area contributed by atoms with E-state index in [0.717, 1.165) is 12.0 Å². The van der Waals surface area contributed by atoms with E-state index in [9.17, 15) is 0 Å². The van der Waals surface area contributed by atoms with Crippen LogP contribution in [0.4, 0.5) is 0 Å². The van der Waals surface area contributed by atoms with Crippen LogP contribution in [0.2, 0.25) is 0 Å². The van der Waals surface area contributed by atoms with Crippen LogP contribution in [0.3, 0.4) is 0 Å². The van der Waals surface area contributed by atoms with E-state index >= 15 is 0 Å². The summed E-state index contributed by atoms with van der Waals surface area (Å²) >= 11 is 1.85. The third-order valence-corrected chi connectivity index (χ3v) is 3.04. The van der Waals surface area contributed by atoms with Gasteiger partial charge in [0, 0.05) is 6.04 Å². The Kier molecular flexibility index (Phi) is 6.96. The Balaban J connectivity index is 3.84. The Morgan fingerprint density at radius 2 is 1.92 bits per heavy atom. The fourth-order valence-electron chi connectivity index (χ4n) is 1.47. The molecule has 0 aromatic heterocycles. The first-order valence-corrected chi connectivity index (χ1v) is 6.06. The molecule has 0 aliphatic rings. The van der Waals surface area contributed by atoms with Gasteiger partial charge in [0.2, 0.25) is 0 Å². The third-order valence-electron chi connectivity index (χ3n) is 2.17. The summed E-state index contributed by atoms with van der Waals surface area (Å²) in [6.07, 6.45) is 6.10. The number of hydrogen-bond acceptors (Lipinski definition) is 2. The fraction of sp³-hybridized carbons (Fsp3) is 1.00. The van der Waals surface area contributed by atoms with Crippen molar-refractivity contribution in [2.75, 3.05) is 13.3 Å². The van der Waals surface area contributed by atoms with Crippen molar-refractivity contribution in [3.8, 4) is 0 Å². The average Bonchev–Trinajstić information content (AvgIpc) is 2.01. The summed E-state index contributed by atoms with van der Waals surface area (Å²) in [6.45, 7) is 6.87. The van der Waals surface area contributed by atoms with Crippen LogP contribution in [0.1, 0.15) is 40.0 Å². The van der Waals surface area contributed by atoms with Gasteiger partial charge in [0.15, 0.2) is 0 Å². The first-order chi connectivity index (χ1) is 5.61. The van der Waals surface area contributed by atoms with Gasteiger partial charge in [-0.3, -0.25) is 4.31 Å². The minimum absolute atomic E-state index is 0.769. The average molecular weight is 189 g/mol.